The van der Waals surface area contributed by atoms with Crippen molar-refractivity contribution in [2.45, 2.75) is 19.6 Å². The summed E-state index contributed by atoms with van der Waals surface area (Å²) in [6.45, 7) is 7.09. The highest BCUT2D eigenvalue weighted by molar-refractivity contribution is 5.86. The highest BCUT2D eigenvalue weighted by Crippen LogP contribution is 2.03. The molecule has 1 rings (SSSR count). The number of carboxylic acid groups (broad SMARTS) is 1. The molecule has 1 aromatic heterocycles. The van der Waals surface area contributed by atoms with Crippen molar-refractivity contribution in [3.8, 4) is 0 Å². The van der Waals surface area contributed by atoms with Gasteiger partial charge in [-0.25, -0.2) is 4.79 Å². The molecule has 0 aromatic carbocycles. The zero-order valence-electron chi connectivity index (χ0n) is 9.77. The molecule has 17 heavy (non-hydrogen) atoms. The van der Waals surface area contributed by atoms with E-state index in [-0.39, 0.29) is 11.8 Å². The molecule has 94 valence electrons. The molecule has 0 aliphatic rings. The number of hydrogen-bond donors (Lipinski definition) is 3. The Morgan fingerprint density at radius 3 is 3.24 bits per heavy atom. The fourth-order valence-corrected chi connectivity index (χ4v) is 1.33. The van der Waals surface area contributed by atoms with E-state index in [0.717, 1.165) is 0 Å². The van der Waals surface area contributed by atoms with E-state index < -0.39 is 5.97 Å². The first kappa shape index (κ1) is 13.4. The number of carbonyl (C=O) groups is 1. The second kappa shape index (κ2) is 6.82. The van der Waals surface area contributed by atoms with Crippen LogP contribution in [0.1, 0.15) is 23.0 Å². The molecule has 0 radical (unpaired) electrons. The van der Waals surface area contributed by atoms with E-state index in [9.17, 15) is 4.79 Å². The van der Waals surface area contributed by atoms with Gasteiger partial charge in [0.25, 0.3) is 0 Å². The van der Waals surface area contributed by atoms with E-state index in [1.165, 1.54) is 6.20 Å². The van der Waals surface area contributed by atoms with Crippen LogP contribution in [-0.2, 0) is 11.3 Å². The third-order valence-electron chi connectivity index (χ3n) is 2.18. The lowest BCUT2D eigenvalue weighted by molar-refractivity contribution is 0.0689. The number of aromatic nitrogens is 2. The van der Waals surface area contributed by atoms with Gasteiger partial charge in [-0.1, -0.05) is 6.08 Å². The summed E-state index contributed by atoms with van der Waals surface area (Å²) in [5.74, 6) is -1.00. The first-order chi connectivity index (χ1) is 8.15. The molecule has 0 fully saturated rings. The molecule has 6 nitrogen and oxygen atoms in total. The minimum absolute atomic E-state index is 0.0492. The lowest BCUT2D eigenvalue weighted by Gasteiger charge is -2.12. The molecule has 0 bridgehead atoms. The number of rotatable bonds is 8. The van der Waals surface area contributed by atoms with E-state index in [0.29, 0.717) is 25.3 Å². The van der Waals surface area contributed by atoms with Crippen molar-refractivity contribution in [2.24, 2.45) is 0 Å². The Morgan fingerprint density at radius 1 is 1.82 bits per heavy atom. The zero-order chi connectivity index (χ0) is 12.7. The number of ether oxygens (including phenoxy) is 1. The topological polar surface area (TPSA) is 87.2 Å². The van der Waals surface area contributed by atoms with Crippen molar-refractivity contribution in [2.75, 3.05) is 13.2 Å². The van der Waals surface area contributed by atoms with Crippen LogP contribution in [0.2, 0.25) is 0 Å². The Labute approximate surface area is 99.7 Å². The second-order valence-corrected chi connectivity index (χ2v) is 3.64. The molecule has 1 atom stereocenters. The standard InChI is InChI=1S/C11H17N3O3/c1-3-4-17-8(2)5-12-6-9-7-13-14-10(9)11(15)16/h3,7-8,12H,1,4-6H2,2H3,(H,13,14)(H,15,16). The maximum atomic E-state index is 10.8. The third kappa shape index (κ3) is 4.38. The Morgan fingerprint density at radius 2 is 2.59 bits per heavy atom. The summed E-state index contributed by atoms with van der Waals surface area (Å²) in [4.78, 5) is 10.8. The number of hydrogen-bond acceptors (Lipinski definition) is 4. The van der Waals surface area contributed by atoms with Crippen LogP contribution >= 0.6 is 0 Å². The van der Waals surface area contributed by atoms with Gasteiger partial charge < -0.3 is 15.2 Å². The second-order valence-electron chi connectivity index (χ2n) is 3.64. The number of aromatic carboxylic acids is 1. The van der Waals surface area contributed by atoms with Gasteiger partial charge in [-0.15, -0.1) is 6.58 Å². The Kier molecular flexibility index (Phi) is 5.38. The van der Waals surface area contributed by atoms with Crippen LogP contribution in [0.5, 0.6) is 0 Å². The van der Waals surface area contributed by atoms with Crippen molar-refractivity contribution >= 4 is 5.97 Å². The fraction of sp³-hybridized carbons (Fsp3) is 0.455. The lowest BCUT2D eigenvalue weighted by Crippen LogP contribution is -2.27. The van der Waals surface area contributed by atoms with Gasteiger partial charge in [0.15, 0.2) is 0 Å². The number of nitrogens with zero attached hydrogens (tertiary/aromatic N) is 1. The summed E-state index contributed by atoms with van der Waals surface area (Å²) in [5, 5.41) is 18.1. The summed E-state index contributed by atoms with van der Waals surface area (Å²) in [6.07, 6.45) is 3.24. The molecule has 1 unspecified atom stereocenters. The number of nitrogens with one attached hydrogen (secondary N) is 2. The number of H-pyrrole nitrogens is 1. The van der Waals surface area contributed by atoms with Gasteiger partial charge in [-0.2, -0.15) is 5.10 Å². The van der Waals surface area contributed by atoms with E-state index in [1.807, 2.05) is 6.92 Å². The first-order valence-corrected chi connectivity index (χ1v) is 5.34. The normalized spacial score (nSPS) is 12.3. The quantitative estimate of drug-likeness (QED) is 0.584. The molecule has 6 heteroatoms. The monoisotopic (exact) mass is 239 g/mol. The van der Waals surface area contributed by atoms with E-state index in [2.05, 4.69) is 22.1 Å². The molecule has 3 N–H and O–H groups in total. The molecule has 0 aliphatic heterocycles. The lowest BCUT2D eigenvalue weighted by atomic mass is 10.2. The van der Waals surface area contributed by atoms with Crippen molar-refractivity contribution in [3.63, 3.8) is 0 Å². The van der Waals surface area contributed by atoms with Crippen LogP contribution in [0.3, 0.4) is 0 Å². The van der Waals surface area contributed by atoms with Crippen LogP contribution in [-0.4, -0.2) is 40.5 Å². The van der Waals surface area contributed by atoms with Gasteiger partial charge in [-0.3, -0.25) is 5.10 Å². The summed E-state index contributed by atoms with van der Waals surface area (Å²) in [7, 11) is 0. The van der Waals surface area contributed by atoms with Gasteiger partial charge in [0.2, 0.25) is 0 Å². The molecular weight excluding hydrogens is 222 g/mol. The van der Waals surface area contributed by atoms with Gasteiger partial charge in [0.1, 0.15) is 5.69 Å². The highest BCUT2D eigenvalue weighted by atomic mass is 16.5. The van der Waals surface area contributed by atoms with Crippen LogP contribution in [0.4, 0.5) is 0 Å². The Balaban J connectivity index is 2.33. The fourth-order valence-electron chi connectivity index (χ4n) is 1.33. The van der Waals surface area contributed by atoms with Crippen molar-refractivity contribution < 1.29 is 14.6 Å². The van der Waals surface area contributed by atoms with Gasteiger partial charge in [0.05, 0.1) is 18.9 Å². The molecule has 0 aliphatic carbocycles. The minimum Gasteiger partial charge on any atom is -0.477 e. The predicted octanol–water partition coefficient (Wildman–Crippen LogP) is 0.789. The average molecular weight is 239 g/mol. The SMILES string of the molecule is C=CCOC(C)CNCc1cn[nH]c1C(=O)O. The Hall–Kier alpha value is -1.66. The third-order valence-corrected chi connectivity index (χ3v) is 2.18. The van der Waals surface area contributed by atoms with Crippen molar-refractivity contribution in [1.29, 1.82) is 0 Å². The van der Waals surface area contributed by atoms with Gasteiger partial charge >= 0.3 is 5.97 Å². The van der Waals surface area contributed by atoms with E-state index in [1.54, 1.807) is 6.08 Å². The molecular formula is C11H17N3O3. The Bertz CT molecular complexity index is 376. The summed E-state index contributed by atoms with van der Waals surface area (Å²) in [5.41, 5.74) is 0.755. The molecule has 1 aromatic rings. The van der Waals surface area contributed by atoms with E-state index >= 15 is 0 Å². The molecule has 0 amide bonds. The molecule has 1 heterocycles. The maximum Gasteiger partial charge on any atom is 0.354 e. The zero-order valence-corrected chi connectivity index (χ0v) is 9.77. The van der Waals surface area contributed by atoms with Crippen LogP contribution in [0.15, 0.2) is 18.9 Å². The van der Waals surface area contributed by atoms with Crippen LogP contribution < -0.4 is 5.32 Å². The van der Waals surface area contributed by atoms with Crippen molar-refractivity contribution in [3.05, 3.63) is 30.1 Å². The summed E-state index contributed by atoms with van der Waals surface area (Å²) < 4.78 is 5.37. The first-order valence-electron chi connectivity index (χ1n) is 5.34. The summed E-state index contributed by atoms with van der Waals surface area (Å²) in [6, 6.07) is 0. The van der Waals surface area contributed by atoms with Crippen molar-refractivity contribution in [1.82, 2.24) is 15.5 Å². The van der Waals surface area contributed by atoms with Gasteiger partial charge in [-0.05, 0) is 6.92 Å². The molecule has 0 saturated carbocycles. The number of carboxylic acids is 1. The van der Waals surface area contributed by atoms with Crippen LogP contribution in [0, 0.1) is 0 Å². The predicted molar refractivity (Wildman–Crippen MR) is 62.9 cm³/mol. The largest absolute Gasteiger partial charge is 0.477 e. The van der Waals surface area contributed by atoms with E-state index in [4.69, 9.17) is 9.84 Å². The maximum absolute atomic E-state index is 10.8. The highest BCUT2D eigenvalue weighted by Gasteiger charge is 2.11. The van der Waals surface area contributed by atoms with Crippen LogP contribution in [0.25, 0.3) is 0 Å². The number of aromatic amines is 1. The smallest absolute Gasteiger partial charge is 0.354 e. The average Bonchev–Trinajstić information content (AvgIpc) is 2.74. The minimum atomic E-state index is -1.00. The molecule has 0 saturated heterocycles. The molecule has 0 spiro atoms. The van der Waals surface area contributed by atoms with Gasteiger partial charge in [0, 0.05) is 18.7 Å². The summed E-state index contributed by atoms with van der Waals surface area (Å²) >= 11 is 0.